The summed E-state index contributed by atoms with van der Waals surface area (Å²) in [6.45, 7) is 6.72. The number of carbonyl (C=O) groups excluding carboxylic acids is 1. The molecule has 0 aliphatic carbocycles. The topological polar surface area (TPSA) is 66.9 Å². The number of rotatable bonds is 5. The van der Waals surface area contributed by atoms with Gasteiger partial charge in [-0.3, -0.25) is 4.79 Å². The minimum atomic E-state index is -0.177. The van der Waals surface area contributed by atoms with E-state index in [9.17, 15) is 4.79 Å². The van der Waals surface area contributed by atoms with Gasteiger partial charge in [0.05, 0.1) is 0 Å². The van der Waals surface area contributed by atoms with Crippen molar-refractivity contribution in [2.75, 3.05) is 11.9 Å². The monoisotopic (exact) mass is 284 g/mol. The van der Waals surface area contributed by atoms with Gasteiger partial charge < -0.3 is 10.6 Å². The zero-order valence-electron chi connectivity index (χ0n) is 12.6. The third-order valence-corrected chi connectivity index (χ3v) is 3.17. The van der Waals surface area contributed by atoms with E-state index >= 15 is 0 Å². The van der Waals surface area contributed by atoms with Gasteiger partial charge in [0.15, 0.2) is 0 Å². The molecule has 2 N–H and O–H groups in total. The maximum atomic E-state index is 11.9. The Morgan fingerprint density at radius 2 is 1.90 bits per heavy atom. The molecule has 0 spiro atoms. The fourth-order valence-electron chi connectivity index (χ4n) is 2.02. The first-order valence-electron chi connectivity index (χ1n) is 7.05. The van der Waals surface area contributed by atoms with E-state index < -0.39 is 0 Å². The van der Waals surface area contributed by atoms with Crippen molar-refractivity contribution in [2.45, 2.75) is 27.2 Å². The van der Waals surface area contributed by atoms with E-state index in [1.165, 1.54) is 6.33 Å². The largest absolute Gasteiger partial charge is 0.351 e. The minimum Gasteiger partial charge on any atom is -0.351 e. The predicted molar refractivity (Wildman–Crippen MR) is 83.9 cm³/mol. The highest BCUT2D eigenvalue weighted by Gasteiger charge is 2.09. The van der Waals surface area contributed by atoms with Crippen LogP contribution in [0, 0.1) is 13.8 Å². The fourth-order valence-corrected chi connectivity index (χ4v) is 2.02. The van der Waals surface area contributed by atoms with Crippen molar-refractivity contribution in [3.05, 3.63) is 47.4 Å². The quantitative estimate of drug-likeness (QED) is 0.885. The van der Waals surface area contributed by atoms with E-state index in [0.29, 0.717) is 18.1 Å². The van der Waals surface area contributed by atoms with Crippen LogP contribution in [-0.4, -0.2) is 22.4 Å². The van der Waals surface area contributed by atoms with Crippen molar-refractivity contribution >= 4 is 17.4 Å². The lowest BCUT2D eigenvalue weighted by Gasteiger charge is -2.12. The van der Waals surface area contributed by atoms with E-state index in [1.54, 1.807) is 6.07 Å². The highest BCUT2D eigenvalue weighted by molar-refractivity contribution is 5.93. The molecule has 0 atom stereocenters. The summed E-state index contributed by atoms with van der Waals surface area (Å²) in [5.41, 5.74) is 3.64. The van der Waals surface area contributed by atoms with Crippen LogP contribution < -0.4 is 10.6 Å². The minimum absolute atomic E-state index is 0.177. The Morgan fingerprint density at radius 3 is 2.57 bits per heavy atom. The first kappa shape index (κ1) is 15.0. The second kappa shape index (κ2) is 6.83. The van der Waals surface area contributed by atoms with Gasteiger partial charge in [-0.2, -0.15) is 0 Å². The summed E-state index contributed by atoms with van der Waals surface area (Å²) in [5, 5.41) is 6.07. The van der Waals surface area contributed by atoms with E-state index in [-0.39, 0.29) is 5.91 Å². The van der Waals surface area contributed by atoms with E-state index in [1.807, 2.05) is 39.0 Å². The summed E-state index contributed by atoms with van der Waals surface area (Å²) >= 11 is 0. The van der Waals surface area contributed by atoms with Crippen molar-refractivity contribution in [2.24, 2.45) is 0 Å². The van der Waals surface area contributed by atoms with E-state index in [0.717, 1.165) is 23.2 Å². The van der Waals surface area contributed by atoms with Crippen molar-refractivity contribution < 1.29 is 4.79 Å². The number of anilines is 2. The van der Waals surface area contributed by atoms with Crippen LogP contribution in [0.15, 0.2) is 30.6 Å². The molecular formula is C16H20N4O. The molecule has 1 amide bonds. The Balaban J connectivity index is 2.20. The van der Waals surface area contributed by atoms with Gasteiger partial charge in [0.2, 0.25) is 0 Å². The Morgan fingerprint density at radius 1 is 1.19 bits per heavy atom. The van der Waals surface area contributed by atoms with Crippen molar-refractivity contribution in [3.63, 3.8) is 0 Å². The summed E-state index contributed by atoms with van der Waals surface area (Å²) in [7, 11) is 0. The third kappa shape index (κ3) is 3.78. The number of carbonyl (C=O) groups is 1. The number of aryl methyl sites for hydroxylation is 2. The number of hydrogen-bond donors (Lipinski definition) is 2. The molecule has 5 heteroatoms. The summed E-state index contributed by atoms with van der Waals surface area (Å²) in [6, 6.07) is 7.74. The number of aromatic nitrogens is 2. The summed E-state index contributed by atoms with van der Waals surface area (Å²) in [6.07, 6.45) is 2.29. The normalized spacial score (nSPS) is 10.2. The van der Waals surface area contributed by atoms with Gasteiger partial charge in [0, 0.05) is 18.3 Å². The van der Waals surface area contributed by atoms with Crippen molar-refractivity contribution in [3.8, 4) is 0 Å². The van der Waals surface area contributed by atoms with Crippen LogP contribution in [0.1, 0.15) is 35.0 Å². The Hall–Kier alpha value is -2.43. The molecule has 0 fully saturated rings. The zero-order valence-corrected chi connectivity index (χ0v) is 12.6. The number of para-hydroxylation sites is 1. The average molecular weight is 284 g/mol. The Bertz CT molecular complexity index is 620. The van der Waals surface area contributed by atoms with Gasteiger partial charge in [-0.25, -0.2) is 9.97 Å². The van der Waals surface area contributed by atoms with Crippen molar-refractivity contribution in [1.82, 2.24) is 15.3 Å². The standard InChI is InChI=1S/C16H20N4O/c1-4-8-17-16(21)13-9-14(19-10-18-13)20-15-11(2)6-5-7-12(15)3/h5-7,9-10H,4,8H2,1-3H3,(H,17,21)(H,18,19,20). The second-order valence-electron chi connectivity index (χ2n) is 4.94. The molecule has 0 radical (unpaired) electrons. The number of benzene rings is 1. The van der Waals surface area contributed by atoms with Gasteiger partial charge in [-0.1, -0.05) is 25.1 Å². The molecule has 0 unspecified atom stereocenters. The smallest absolute Gasteiger partial charge is 0.270 e. The maximum Gasteiger partial charge on any atom is 0.270 e. The van der Waals surface area contributed by atoms with Gasteiger partial charge >= 0.3 is 0 Å². The lowest BCUT2D eigenvalue weighted by atomic mass is 10.1. The number of nitrogens with one attached hydrogen (secondary N) is 2. The molecule has 0 aliphatic rings. The Kier molecular flexibility index (Phi) is 4.87. The van der Waals surface area contributed by atoms with Crippen molar-refractivity contribution in [1.29, 1.82) is 0 Å². The molecule has 21 heavy (non-hydrogen) atoms. The lowest BCUT2D eigenvalue weighted by Crippen LogP contribution is -2.25. The van der Waals surface area contributed by atoms with Crippen LogP contribution in [0.4, 0.5) is 11.5 Å². The molecule has 0 saturated heterocycles. The number of nitrogens with zero attached hydrogens (tertiary/aromatic N) is 2. The highest BCUT2D eigenvalue weighted by atomic mass is 16.1. The SMILES string of the molecule is CCCNC(=O)c1cc(Nc2c(C)cccc2C)ncn1. The van der Waals surface area contributed by atoms with E-state index in [4.69, 9.17) is 0 Å². The van der Waals surface area contributed by atoms with Crippen LogP contribution in [0.2, 0.25) is 0 Å². The molecule has 1 heterocycles. The number of amides is 1. The van der Waals surface area contributed by atoms with Gasteiger partial charge in [-0.15, -0.1) is 0 Å². The summed E-state index contributed by atoms with van der Waals surface area (Å²) in [5.74, 6) is 0.438. The molecule has 5 nitrogen and oxygen atoms in total. The molecule has 2 rings (SSSR count). The predicted octanol–water partition coefficient (Wildman–Crippen LogP) is 2.98. The number of hydrogen-bond acceptors (Lipinski definition) is 4. The van der Waals surface area contributed by atoms with Gasteiger partial charge in [0.25, 0.3) is 5.91 Å². The first-order chi connectivity index (χ1) is 10.1. The zero-order chi connectivity index (χ0) is 15.2. The molecule has 110 valence electrons. The first-order valence-corrected chi connectivity index (χ1v) is 7.05. The summed E-state index contributed by atoms with van der Waals surface area (Å²) in [4.78, 5) is 20.1. The second-order valence-corrected chi connectivity index (χ2v) is 4.94. The van der Waals surface area contributed by atoms with Gasteiger partial charge in [-0.05, 0) is 31.4 Å². The van der Waals surface area contributed by atoms with Gasteiger partial charge in [0.1, 0.15) is 17.8 Å². The fraction of sp³-hybridized carbons (Fsp3) is 0.312. The highest BCUT2D eigenvalue weighted by Crippen LogP contribution is 2.23. The lowest BCUT2D eigenvalue weighted by molar-refractivity contribution is 0.0948. The van der Waals surface area contributed by atoms with Crippen LogP contribution in [0.5, 0.6) is 0 Å². The molecule has 1 aromatic carbocycles. The molecular weight excluding hydrogens is 264 g/mol. The van der Waals surface area contributed by atoms with Crippen LogP contribution in [0.25, 0.3) is 0 Å². The van der Waals surface area contributed by atoms with E-state index in [2.05, 4.69) is 20.6 Å². The molecule has 0 saturated carbocycles. The molecule has 0 bridgehead atoms. The van der Waals surface area contributed by atoms with Crippen LogP contribution >= 0.6 is 0 Å². The average Bonchev–Trinajstić information content (AvgIpc) is 2.49. The molecule has 2 aromatic rings. The van der Waals surface area contributed by atoms with Crippen LogP contribution in [0.3, 0.4) is 0 Å². The van der Waals surface area contributed by atoms with Crippen LogP contribution in [-0.2, 0) is 0 Å². The Labute approximate surface area is 124 Å². The summed E-state index contributed by atoms with van der Waals surface area (Å²) < 4.78 is 0. The third-order valence-electron chi connectivity index (χ3n) is 3.17. The maximum absolute atomic E-state index is 11.9. The molecule has 0 aliphatic heterocycles. The molecule has 1 aromatic heterocycles.